The molecule has 2 aromatic carbocycles. The number of thiazole rings is 2. The van der Waals surface area contributed by atoms with Crippen LogP contribution in [0.2, 0.25) is 0 Å². The monoisotopic (exact) mass is 718 g/mol. The van der Waals surface area contributed by atoms with Gasteiger partial charge in [0.1, 0.15) is 10.0 Å². The van der Waals surface area contributed by atoms with Gasteiger partial charge in [-0.1, -0.05) is 24.3 Å². The predicted molar refractivity (Wildman–Crippen MR) is 204 cm³/mol. The zero-order valence-electron chi connectivity index (χ0n) is 29.8. The summed E-state index contributed by atoms with van der Waals surface area (Å²) in [4.78, 5) is 33.5. The average Bonchev–Trinajstić information content (AvgIpc) is 3.71. The number of aryl methyl sites for hydroxylation is 2. The van der Waals surface area contributed by atoms with Crippen LogP contribution in [0.15, 0.2) is 59.3 Å². The predicted octanol–water partition coefficient (Wildman–Crippen LogP) is 8.89. The number of aromatic nitrogens is 2. The molecule has 4 N–H and O–H groups in total. The number of benzene rings is 2. The SMILES string of the molecule is Cc1csc(-c2ccccc2NC(=O)OCC2C[C@@H](C)N[C@@H](C)C2)n1.Cc1csc(-c2ccccc2NC(=O)OCC2C[C@@H](C)N[C@@H](C)C2)n1. The number of hydrogen-bond donors (Lipinski definition) is 4. The van der Waals surface area contributed by atoms with Crippen LogP contribution >= 0.6 is 22.7 Å². The van der Waals surface area contributed by atoms with E-state index in [0.29, 0.717) is 49.2 Å². The molecule has 268 valence electrons. The van der Waals surface area contributed by atoms with Crippen LogP contribution in [-0.2, 0) is 9.47 Å². The minimum atomic E-state index is -0.403. The third kappa shape index (κ3) is 11.1. The van der Waals surface area contributed by atoms with Crippen LogP contribution in [0.4, 0.5) is 21.0 Å². The lowest BCUT2D eigenvalue weighted by atomic mass is 9.90. The lowest BCUT2D eigenvalue weighted by Gasteiger charge is -2.32. The van der Waals surface area contributed by atoms with Crippen molar-refractivity contribution in [1.29, 1.82) is 0 Å². The Balaban J connectivity index is 0.000000194. The lowest BCUT2D eigenvalue weighted by Crippen LogP contribution is -2.43. The van der Waals surface area contributed by atoms with E-state index >= 15 is 0 Å². The number of para-hydroxylation sites is 2. The lowest BCUT2D eigenvalue weighted by molar-refractivity contribution is 0.116. The first-order valence-corrected chi connectivity index (χ1v) is 19.2. The quantitative estimate of drug-likeness (QED) is 0.142. The minimum absolute atomic E-state index is 0.403. The van der Waals surface area contributed by atoms with Crippen molar-refractivity contribution in [2.24, 2.45) is 11.8 Å². The van der Waals surface area contributed by atoms with E-state index < -0.39 is 12.2 Å². The van der Waals surface area contributed by atoms with E-state index in [0.717, 1.165) is 69.6 Å². The van der Waals surface area contributed by atoms with Gasteiger partial charge in [-0.05, 0) is 103 Å². The van der Waals surface area contributed by atoms with E-state index in [-0.39, 0.29) is 0 Å². The van der Waals surface area contributed by atoms with Gasteiger partial charge < -0.3 is 20.1 Å². The largest absolute Gasteiger partial charge is 0.449 e. The highest BCUT2D eigenvalue weighted by Crippen LogP contribution is 2.32. The molecule has 10 nitrogen and oxygen atoms in total. The van der Waals surface area contributed by atoms with Gasteiger partial charge in [-0.25, -0.2) is 19.6 Å². The van der Waals surface area contributed by atoms with Gasteiger partial charge in [0.05, 0.1) is 24.6 Å². The molecule has 0 bridgehead atoms. The third-order valence-electron chi connectivity index (χ3n) is 8.81. The average molecular weight is 719 g/mol. The van der Waals surface area contributed by atoms with Crippen LogP contribution < -0.4 is 21.3 Å². The van der Waals surface area contributed by atoms with E-state index in [1.807, 2.05) is 73.1 Å². The van der Waals surface area contributed by atoms with E-state index in [2.05, 4.69) is 58.9 Å². The van der Waals surface area contributed by atoms with Crippen molar-refractivity contribution in [3.05, 3.63) is 70.7 Å². The first-order chi connectivity index (χ1) is 24.0. The first-order valence-electron chi connectivity index (χ1n) is 17.4. The molecule has 0 saturated carbocycles. The molecule has 0 aliphatic carbocycles. The molecule has 0 radical (unpaired) electrons. The molecule has 2 aliphatic rings. The maximum atomic E-state index is 12.2. The molecule has 4 heterocycles. The molecule has 6 atom stereocenters. The van der Waals surface area contributed by atoms with E-state index in [1.54, 1.807) is 22.7 Å². The van der Waals surface area contributed by atoms with E-state index in [1.165, 1.54) is 0 Å². The van der Waals surface area contributed by atoms with E-state index in [4.69, 9.17) is 9.47 Å². The summed E-state index contributed by atoms with van der Waals surface area (Å²) in [5, 5.41) is 18.5. The smallest absolute Gasteiger partial charge is 0.411 e. The van der Waals surface area contributed by atoms with Crippen molar-refractivity contribution < 1.29 is 19.1 Å². The highest BCUT2D eigenvalue weighted by molar-refractivity contribution is 7.13. The number of amides is 2. The van der Waals surface area contributed by atoms with Gasteiger partial charge in [-0.2, -0.15) is 0 Å². The summed E-state index contributed by atoms with van der Waals surface area (Å²) in [6, 6.07) is 17.2. The fourth-order valence-electron chi connectivity index (χ4n) is 6.90. The van der Waals surface area contributed by atoms with Gasteiger partial charge in [-0.3, -0.25) is 10.6 Å². The number of nitrogens with one attached hydrogen (secondary N) is 4. The standard InChI is InChI=1S/2C19H25N3O2S/c2*1-12-8-15(9-13(2)20-12)10-24-19(23)22-17-7-5-4-6-16(17)18-21-14(3)11-25-18/h2*4-7,11-13,15,20H,8-10H2,1-3H3,(H,22,23)/t2*12-,13+,15?. The van der Waals surface area contributed by atoms with Crippen LogP contribution in [0.1, 0.15) is 64.8 Å². The number of rotatable bonds is 8. The Hall–Kier alpha value is -3.84. The molecule has 2 fully saturated rings. The Kier molecular flexibility index (Phi) is 13.4. The summed E-state index contributed by atoms with van der Waals surface area (Å²) in [7, 11) is 0. The number of carbonyl (C=O) groups is 2. The summed E-state index contributed by atoms with van der Waals surface area (Å²) in [6.07, 6.45) is 3.33. The zero-order valence-corrected chi connectivity index (χ0v) is 31.5. The number of anilines is 2. The van der Waals surface area contributed by atoms with Crippen molar-refractivity contribution in [2.75, 3.05) is 23.8 Å². The molecule has 4 aromatic rings. The fraction of sp³-hybridized carbons (Fsp3) is 0.474. The molecule has 2 aliphatic heterocycles. The Morgan fingerprint density at radius 1 is 0.660 bits per heavy atom. The summed E-state index contributed by atoms with van der Waals surface area (Å²) in [5.41, 5.74) is 5.25. The molecule has 2 saturated heterocycles. The van der Waals surface area contributed by atoms with Crippen LogP contribution in [0.5, 0.6) is 0 Å². The van der Waals surface area contributed by atoms with Crippen LogP contribution in [0, 0.1) is 25.7 Å². The van der Waals surface area contributed by atoms with Crippen LogP contribution in [-0.4, -0.2) is 59.5 Å². The molecule has 2 unspecified atom stereocenters. The number of nitrogens with zero attached hydrogens (tertiary/aromatic N) is 2. The number of ether oxygens (including phenoxy) is 2. The minimum Gasteiger partial charge on any atom is -0.449 e. The molecule has 0 spiro atoms. The van der Waals surface area contributed by atoms with Gasteiger partial charge in [-0.15, -0.1) is 22.7 Å². The molecular weight excluding hydrogens is 669 g/mol. The summed E-state index contributed by atoms with van der Waals surface area (Å²) < 4.78 is 11.0. The third-order valence-corrected chi connectivity index (χ3v) is 10.8. The van der Waals surface area contributed by atoms with Gasteiger partial charge in [0.25, 0.3) is 0 Å². The Morgan fingerprint density at radius 2 is 1.02 bits per heavy atom. The highest BCUT2D eigenvalue weighted by Gasteiger charge is 2.25. The first kappa shape index (κ1) is 37.4. The molecule has 6 rings (SSSR count). The maximum Gasteiger partial charge on any atom is 0.411 e. The van der Waals surface area contributed by atoms with Gasteiger partial charge in [0.15, 0.2) is 0 Å². The molecule has 2 aromatic heterocycles. The van der Waals surface area contributed by atoms with Crippen molar-refractivity contribution in [3.63, 3.8) is 0 Å². The van der Waals surface area contributed by atoms with Gasteiger partial charge in [0.2, 0.25) is 0 Å². The number of hydrogen-bond acceptors (Lipinski definition) is 10. The molecule has 12 heteroatoms. The Bertz CT molecular complexity index is 1570. The Morgan fingerprint density at radius 3 is 1.36 bits per heavy atom. The summed E-state index contributed by atoms with van der Waals surface area (Å²) in [6.45, 7) is 13.5. The van der Waals surface area contributed by atoms with Crippen LogP contribution in [0.25, 0.3) is 21.1 Å². The molecule has 50 heavy (non-hydrogen) atoms. The highest BCUT2D eigenvalue weighted by atomic mass is 32.1. The second-order valence-electron chi connectivity index (χ2n) is 13.7. The van der Waals surface area contributed by atoms with Gasteiger partial charge in [0, 0.05) is 57.4 Å². The fourth-order valence-corrected chi connectivity index (χ4v) is 8.57. The number of carbonyl (C=O) groups excluding carboxylic acids is 2. The maximum absolute atomic E-state index is 12.2. The summed E-state index contributed by atoms with van der Waals surface area (Å²) >= 11 is 3.14. The van der Waals surface area contributed by atoms with Crippen molar-refractivity contribution in [1.82, 2.24) is 20.6 Å². The molecular formula is C38H50N6O4S2. The van der Waals surface area contributed by atoms with Crippen molar-refractivity contribution in [3.8, 4) is 21.1 Å². The normalized spacial score (nSPS) is 23.2. The number of piperidine rings is 2. The van der Waals surface area contributed by atoms with Crippen molar-refractivity contribution >= 4 is 46.2 Å². The second-order valence-corrected chi connectivity index (χ2v) is 15.5. The molecule has 2 amide bonds. The van der Waals surface area contributed by atoms with Crippen molar-refractivity contribution in [2.45, 2.75) is 91.4 Å². The second kappa shape index (κ2) is 17.9. The van der Waals surface area contributed by atoms with Crippen LogP contribution in [0.3, 0.4) is 0 Å². The Labute approximate surface area is 303 Å². The van der Waals surface area contributed by atoms with E-state index in [9.17, 15) is 9.59 Å². The topological polar surface area (TPSA) is 126 Å². The zero-order chi connectivity index (χ0) is 35.6. The van der Waals surface area contributed by atoms with Gasteiger partial charge >= 0.3 is 12.2 Å². The summed E-state index contributed by atoms with van der Waals surface area (Å²) in [5.74, 6) is 0.822.